The monoisotopic (exact) mass is 509 g/mol. The summed E-state index contributed by atoms with van der Waals surface area (Å²) in [6.07, 6.45) is 1.68. The van der Waals surface area contributed by atoms with Gasteiger partial charge in [0, 0.05) is 25.2 Å². The van der Waals surface area contributed by atoms with Gasteiger partial charge in [0.05, 0.1) is 50.1 Å². The Balaban J connectivity index is 1.66. The highest BCUT2D eigenvalue weighted by Gasteiger charge is 2.41. The average Bonchev–Trinajstić information content (AvgIpc) is 3.37. The first-order chi connectivity index (χ1) is 17.5. The third-order valence-corrected chi connectivity index (χ3v) is 6.66. The SMILES string of the molecule is COc1cc(C2CN(C(=O)c3ccccc3Cl)CC2C(=O)NCc2ccccn2)cc(OC)c1OC. The molecule has 0 bridgehead atoms. The fourth-order valence-electron chi connectivity index (χ4n) is 4.50. The van der Waals surface area contributed by atoms with Crippen molar-refractivity contribution in [2.24, 2.45) is 5.92 Å². The molecule has 2 amide bonds. The first-order valence-electron chi connectivity index (χ1n) is 11.5. The minimum atomic E-state index is -0.511. The van der Waals surface area contributed by atoms with Gasteiger partial charge in [-0.2, -0.15) is 0 Å². The molecule has 2 heterocycles. The van der Waals surface area contributed by atoms with Crippen molar-refractivity contribution in [3.05, 3.63) is 82.6 Å². The molecular weight excluding hydrogens is 482 g/mol. The van der Waals surface area contributed by atoms with Crippen molar-refractivity contribution in [1.29, 1.82) is 0 Å². The van der Waals surface area contributed by atoms with Crippen molar-refractivity contribution < 1.29 is 23.8 Å². The van der Waals surface area contributed by atoms with Gasteiger partial charge in [-0.3, -0.25) is 14.6 Å². The van der Waals surface area contributed by atoms with Gasteiger partial charge in [0.2, 0.25) is 11.7 Å². The predicted octanol–water partition coefficient (Wildman–Crippen LogP) is 3.93. The van der Waals surface area contributed by atoms with E-state index in [2.05, 4.69) is 10.3 Å². The van der Waals surface area contributed by atoms with E-state index >= 15 is 0 Å². The minimum Gasteiger partial charge on any atom is -0.493 e. The number of nitrogens with zero attached hydrogens (tertiary/aromatic N) is 2. The maximum atomic E-state index is 13.4. The van der Waals surface area contributed by atoms with E-state index in [0.717, 1.165) is 11.3 Å². The molecule has 4 rings (SSSR count). The number of ether oxygens (including phenoxy) is 3. The molecule has 0 aliphatic carbocycles. The average molecular weight is 510 g/mol. The largest absolute Gasteiger partial charge is 0.493 e. The van der Waals surface area contributed by atoms with Crippen molar-refractivity contribution in [2.75, 3.05) is 34.4 Å². The summed E-state index contributed by atoms with van der Waals surface area (Å²) in [4.78, 5) is 32.7. The second-order valence-electron chi connectivity index (χ2n) is 8.40. The molecule has 0 spiro atoms. The zero-order chi connectivity index (χ0) is 25.7. The zero-order valence-electron chi connectivity index (χ0n) is 20.4. The molecule has 3 aromatic rings. The molecule has 1 aliphatic rings. The summed E-state index contributed by atoms with van der Waals surface area (Å²) in [6.45, 7) is 0.848. The van der Waals surface area contributed by atoms with Crippen molar-refractivity contribution >= 4 is 23.4 Å². The summed E-state index contributed by atoms with van der Waals surface area (Å²) < 4.78 is 16.5. The van der Waals surface area contributed by atoms with Crippen molar-refractivity contribution in [3.8, 4) is 17.2 Å². The molecule has 2 aromatic carbocycles. The number of likely N-dealkylation sites (tertiary alicyclic amines) is 1. The lowest BCUT2D eigenvalue weighted by Gasteiger charge is -2.21. The topological polar surface area (TPSA) is 90.0 Å². The number of hydrogen-bond donors (Lipinski definition) is 1. The van der Waals surface area contributed by atoms with E-state index in [-0.39, 0.29) is 30.8 Å². The van der Waals surface area contributed by atoms with E-state index in [9.17, 15) is 9.59 Å². The van der Waals surface area contributed by atoms with Crippen LogP contribution in [0.2, 0.25) is 5.02 Å². The van der Waals surface area contributed by atoms with E-state index in [1.165, 1.54) is 7.11 Å². The molecule has 36 heavy (non-hydrogen) atoms. The quantitative estimate of drug-likeness (QED) is 0.495. The molecule has 1 fully saturated rings. The fourth-order valence-corrected chi connectivity index (χ4v) is 4.72. The number of carbonyl (C=O) groups excluding carboxylic acids is 2. The molecule has 1 aliphatic heterocycles. The highest BCUT2D eigenvalue weighted by Crippen LogP contribution is 2.43. The summed E-state index contributed by atoms with van der Waals surface area (Å²) in [6, 6.07) is 16.1. The molecule has 2 atom stereocenters. The molecule has 0 saturated carbocycles. The third-order valence-electron chi connectivity index (χ3n) is 6.33. The van der Waals surface area contributed by atoms with Gasteiger partial charge >= 0.3 is 0 Å². The lowest BCUT2D eigenvalue weighted by atomic mass is 9.88. The fraction of sp³-hybridized carbons (Fsp3) is 0.296. The smallest absolute Gasteiger partial charge is 0.255 e. The summed E-state index contributed by atoms with van der Waals surface area (Å²) in [5.74, 6) is 0.205. The molecule has 1 aromatic heterocycles. The number of pyridine rings is 1. The van der Waals surface area contributed by atoms with Gasteiger partial charge in [0.25, 0.3) is 5.91 Å². The lowest BCUT2D eigenvalue weighted by Crippen LogP contribution is -2.35. The highest BCUT2D eigenvalue weighted by atomic mass is 35.5. The van der Waals surface area contributed by atoms with E-state index in [0.29, 0.717) is 34.4 Å². The summed E-state index contributed by atoms with van der Waals surface area (Å²) >= 11 is 6.30. The molecular formula is C27H28ClN3O5. The van der Waals surface area contributed by atoms with Crippen LogP contribution in [0.5, 0.6) is 17.2 Å². The Labute approximate surface area is 215 Å². The predicted molar refractivity (Wildman–Crippen MR) is 136 cm³/mol. The van der Waals surface area contributed by atoms with Crippen LogP contribution in [0.25, 0.3) is 0 Å². The standard InChI is InChI=1S/C27H28ClN3O5/c1-34-23-12-17(13-24(35-2)25(23)36-3)20-15-31(27(33)19-9-4-5-10-22(19)28)16-21(20)26(32)30-14-18-8-6-7-11-29-18/h4-13,20-21H,14-16H2,1-3H3,(H,30,32). The Bertz CT molecular complexity index is 1210. The molecule has 1 saturated heterocycles. The van der Waals surface area contributed by atoms with Gasteiger partial charge in [0.15, 0.2) is 11.5 Å². The molecule has 2 unspecified atom stereocenters. The molecule has 9 heteroatoms. The Morgan fingerprint density at radius 3 is 2.31 bits per heavy atom. The van der Waals surface area contributed by atoms with Crippen molar-refractivity contribution in [2.45, 2.75) is 12.5 Å². The number of methoxy groups -OCH3 is 3. The highest BCUT2D eigenvalue weighted by molar-refractivity contribution is 6.33. The van der Waals surface area contributed by atoms with Crippen LogP contribution >= 0.6 is 11.6 Å². The van der Waals surface area contributed by atoms with Crippen LogP contribution in [0.4, 0.5) is 0 Å². The second kappa shape index (κ2) is 11.3. The van der Waals surface area contributed by atoms with Crippen LogP contribution in [-0.4, -0.2) is 56.1 Å². The normalized spacial score (nSPS) is 16.9. The van der Waals surface area contributed by atoms with Crippen LogP contribution in [0.1, 0.15) is 27.5 Å². The number of benzene rings is 2. The molecule has 1 N–H and O–H groups in total. The van der Waals surface area contributed by atoms with E-state index in [4.69, 9.17) is 25.8 Å². The van der Waals surface area contributed by atoms with Crippen LogP contribution in [-0.2, 0) is 11.3 Å². The molecule has 0 radical (unpaired) electrons. The van der Waals surface area contributed by atoms with Gasteiger partial charge < -0.3 is 24.4 Å². The minimum absolute atomic E-state index is 0.172. The van der Waals surface area contributed by atoms with E-state index in [1.807, 2.05) is 30.3 Å². The number of carbonyl (C=O) groups is 2. The first-order valence-corrected chi connectivity index (χ1v) is 11.9. The Morgan fingerprint density at radius 1 is 1.00 bits per heavy atom. The van der Waals surface area contributed by atoms with E-state index in [1.54, 1.807) is 49.6 Å². The number of hydrogen-bond acceptors (Lipinski definition) is 6. The molecule has 8 nitrogen and oxygen atoms in total. The number of nitrogens with one attached hydrogen (secondary N) is 1. The lowest BCUT2D eigenvalue weighted by molar-refractivity contribution is -0.125. The third kappa shape index (κ3) is 5.23. The molecule has 188 valence electrons. The summed E-state index contributed by atoms with van der Waals surface area (Å²) in [7, 11) is 4.62. The maximum absolute atomic E-state index is 13.4. The van der Waals surface area contributed by atoms with Gasteiger partial charge in [-0.1, -0.05) is 29.8 Å². The zero-order valence-corrected chi connectivity index (χ0v) is 21.1. The van der Waals surface area contributed by atoms with Gasteiger partial charge in [-0.05, 0) is 42.0 Å². The number of halogens is 1. The van der Waals surface area contributed by atoms with Gasteiger partial charge in [-0.25, -0.2) is 0 Å². The van der Waals surface area contributed by atoms with Crippen LogP contribution in [0, 0.1) is 5.92 Å². The summed E-state index contributed by atoms with van der Waals surface area (Å²) in [5.41, 5.74) is 1.95. The van der Waals surface area contributed by atoms with Crippen molar-refractivity contribution in [3.63, 3.8) is 0 Å². The van der Waals surface area contributed by atoms with Gasteiger partial charge in [-0.15, -0.1) is 0 Å². The van der Waals surface area contributed by atoms with Crippen LogP contribution < -0.4 is 19.5 Å². The Hall–Kier alpha value is -3.78. The Kier molecular flexibility index (Phi) is 7.95. The van der Waals surface area contributed by atoms with Gasteiger partial charge in [0.1, 0.15) is 0 Å². The number of rotatable bonds is 8. The first kappa shape index (κ1) is 25.3. The maximum Gasteiger partial charge on any atom is 0.255 e. The number of amides is 2. The Morgan fingerprint density at radius 2 is 1.69 bits per heavy atom. The van der Waals surface area contributed by atoms with E-state index < -0.39 is 5.92 Å². The second-order valence-corrected chi connectivity index (χ2v) is 8.81. The van der Waals surface area contributed by atoms with Crippen molar-refractivity contribution in [1.82, 2.24) is 15.2 Å². The van der Waals surface area contributed by atoms with Crippen LogP contribution in [0.3, 0.4) is 0 Å². The number of aromatic nitrogens is 1. The van der Waals surface area contributed by atoms with Crippen LogP contribution in [0.15, 0.2) is 60.8 Å². The summed E-state index contributed by atoms with van der Waals surface area (Å²) in [5, 5.41) is 3.35.